The third-order valence-corrected chi connectivity index (χ3v) is 8.13. The fraction of sp³-hybridized carbons (Fsp3) is 0.276. The lowest BCUT2D eigenvalue weighted by molar-refractivity contribution is -0.141. The van der Waals surface area contributed by atoms with Crippen molar-refractivity contribution in [2.24, 2.45) is 5.92 Å². The quantitative estimate of drug-likeness (QED) is 0.431. The Hall–Kier alpha value is -3.98. The third kappa shape index (κ3) is 5.94. The van der Waals surface area contributed by atoms with E-state index in [0.717, 1.165) is 11.1 Å². The number of amides is 3. The van der Waals surface area contributed by atoms with Gasteiger partial charge in [0.1, 0.15) is 17.5 Å². The van der Waals surface area contributed by atoms with Gasteiger partial charge in [-0.2, -0.15) is 0 Å². The molecular weight excluding hydrogens is 502 g/mol. The Labute approximate surface area is 223 Å². The van der Waals surface area contributed by atoms with Gasteiger partial charge in [0.15, 0.2) is 0 Å². The lowest BCUT2D eigenvalue weighted by Crippen LogP contribution is -2.53. The van der Waals surface area contributed by atoms with Crippen LogP contribution in [0.1, 0.15) is 35.3 Å². The van der Waals surface area contributed by atoms with Crippen molar-refractivity contribution in [2.45, 2.75) is 37.8 Å². The van der Waals surface area contributed by atoms with Gasteiger partial charge in [-0.3, -0.25) is 14.4 Å². The minimum Gasteiger partial charge on any atom is -0.354 e. The molecule has 0 radical (unpaired) electrons. The van der Waals surface area contributed by atoms with E-state index in [0.29, 0.717) is 10.8 Å². The molecule has 0 aliphatic carbocycles. The van der Waals surface area contributed by atoms with Gasteiger partial charge in [0.25, 0.3) is 15.9 Å². The SMILES string of the molecule is CC(C)CNC(=O)[C@@H](Cc1ccccc1)N(Cc1ccccc1)C(=O)CN1C(=O)c2ccccc2S1(=O)=O. The van der Waals surface area contributed by atoms with E-state index >= 15 is 0 Å². The molecule has 3 aromatic carbocycles. The van der Waals surface area contributed by atoms with Crippen LogP contribution in [0.5, 0.6) is 0 Å². The second kappa shape index (κ2) is 11.6. The summed E-state index contributed by atoms with van der Waals surface area (Å²) in [6.07, 6.45) is 0.226. The largest absolute Gasteiger partial charge is 0.354 e. The van der Waals surface area contributed by atoms with Crippen LogP contribution in [0.15, 0.2) is 89.8 Å². The monoisotopic (exact) mass is 533 g/mol. The molecule has 1 heterocycles. The van der Waals surface area contributed by atoms with Gasteiger partial charge in [-0.1, -0.05) is 86.6 Å². The Kier molecular flexibility index (Phi) is 8.26. The van der Waals surface area contributed by atoms with Crippen molar-refractivity contribution in [3.8, 4) is 0 Å². The predicted molar refractivity (Wildman–Crippen MR) is 143 cm³/mol. The van der Waals surface area contributed by atoms with Crippen LogP contribution in [0.4, 0.5) is 0 Å². The average molecular weight is 534 g/mol. The normalized spacial score (nSPS) is 14.7. The summed E-state index contributed by atoms with van der Waals surface area (Å²) in [4.78, 5) is 41.6. The molecule has 38 heavy (non-hydrogen) atoms. The summed E-state index contributed by atoms with van der Waals surface area (Å²) in [5.41, 5.74) is 1.65. The molecule has 198 valence electrons. The van der Waals surface area contributed by atoms with Crippen molar-refractivity contribution < 1.29 is 22.8 Å². The maximum atomic E-state index is 13.8. The number of hydrogen-bond acceptors (Lipinski definition) is 5. The molecule has 3 amide bonds. The first kappa shape index (κ1) is 27.1. The molecule has 4 rings (SSSR count). The minimum absolute atomic E-state index is 0.0328. The topological polar surface area (TPSA) is 104 Å². The average Bonchev–Trinajstić information content (AvgIpc) is 3.11. The van der Waals surface area contributed by atoms with Crippen molar-refractivity contribution in [3.05, 3.63) is 102 Å². The fourth-order valence-electron chi connectivity index (χ4n) is 4.36. The highest BCUT2D eigenvalue weighted by Crippen LogP contribution is 2.30. The number of sulfonamides is 1. The van der Waals surface area contributed by atoms with Crippen LogP contribution >= 0.6 is 0 Å². The Bertz CT molecular complexity index is 1410. The molecule has 1 aliphatic heterocycles. The second-order valence-corrected chi connectivity index (χ2v) is 11.5. The first-order chi connectivity index (χ1) is 18.2. The van der Waals surface area contributed by atoms with Crippen LogP contribution in [0.3, 0.4) is 0 Å². The Balaban J connectivity index is 1.69. The zero-order valence-electron chi connectivity index (χ0n) is 21.4. The first-order valence-electron chi connectivity index (χ1n) is 12.5. The smallest absolute Gasteiger partial charge is 0.269 e. The second-order valence-electron chi connectivity index (χ2n) is 9.66. The van der Waals surface area contributed by atoms with Gasteiger partial charge in [0.05, 0.1) is 5.56 Å². The standard InChI is InChI=1S/C29H31N3O5S/c1-21(2)18-30-28(34)25(17-22-11-5-3-6-12-22)31(19-23-13-7-4-8-14-23)27(33)20-32-29(35)24-15-9-10-16-26(24)38(32,36)37/h3-16,21,25H,17-20H2,1-2H3,(H,30,34)/t25-/m1/s1. The van der Waals surface area contributed by atoms with E-state index in [2.05, 4.69) is 5.32 Å². The van der Waals surface area contributed by atoms with Crippen LogP contribution in [0, 0.1) is 5.92 Å². The summed E-state index contributed by atoms with van der Waals surface area (Å²) < 4.78 is 26.9. The van der Waals surface area contributed by atoms with Gasteiger partial charge in [0.2, 0.25) is 11.8 Å². The van der Waals surface area contributed by atoms with Gasteiger partial charge >= 0.3 is 0 Å². The van der Waals surface area contributed by atoms with Gasteiger partial charge in [0, 0.05) is 19.5 Å². The molecule has 3 aromatic rings. The van der Waals surface area contributed by atoms with Crippen molar-refractivity contribution >= 4 is 27.7 Å². The van der Waals surface area contributed by atoms with Crippen LogP contribution in [-0.2, 0) is 32.6 Å². The summed E-state index contributed by atoms with van der Waals surface area (Å²) in [6.45, 7) is 3.74. The lowest BCUT2D eigenvalue weighted by Gasteiger charge is -2.32. The molecule has 0 bridgehead atoms. The summed E-state index contributed by atoms with van der Waals surface area (Å²) in [5.74, 6) is -1.54. The van der Waals surface area contributed by atoms with Crippen LogP contribution in [0.25, 0.3) is 0 Å². The Morgan fingerprint density at radius 3 is 2.05 bits per heavy atom. The number of hydrogen-bond donors (Lipinski definition) is 1. The molecule has 0 spiro atoms. The van der Waals surface area contributed by atoms with Crippen LogP contribution in [0.2, 0.25) is 0 Å². The molecule has 1 atom stereocenters. The Morgan fingerprint density at radius 2 is 1.45 bits per heavy atom. The summed E-state index contributed by atoms with van der Waals surface area (Å²) in [6, 6.07) is 23.5. The minimum atomic E-state index is -4.19. The van der Waals surface area contributed by atoms with Crippen LogP contribution < -0.4 is 5.32 Å². The van der Waals surface area contributed by atoms with E-state index < -0.39 is 34.4 Å². The maximum Gasteiger partial charge on any atom is 0.269 e. The third-order valence-electron chi connectivity index (χ3n) is 6.34. The van der Waals surface area contributed by atoms with Crippen molar-refractivity contribution in [1.82, 2.24) is 14.5 Å². The van der Waals surface area contributed by atoms with Crippen molar-refractivity contribution in [2.75, 3.05) is 13.1 Å². The van der Waals surface area contributed by atoms with E-state index in [-0.39, 0.29) is 35.2 Å². The predicted octanol–water partition coefficient (Wildman–Crippen LogP) is 3.24. The molecule has 0 saturated heterocycles. The van der Waals surface area contributed by atoms with E-state index in [9.17, 15) is 22.8 Å². The molecule has 1 N–H and O–H groups in total. The number of rotatable bonds is 10. The molecular formula is C29H31N3O5S. The number of fused-ring (bicyclic) bond motifs is 1. The first-order valence-corrected chi connectivity index (χ1v) is 13.9. The van der Waals surface area contributed by atoms with E-state index in [1.807, 2.05) is 74.5 Å². The zero-order chi connectivity index (χ0) is 27.3. The molecule has 9 heteroatoms. The number of nitrogens with one attached hydrogen (secondary N) is 1. The Morgan fingerprint density at radius 1 is 0.868 bits per heavy atom. The molecule has 1 aliphatic rings. The van der Waals surface area contributed by atoms with Gasteiger partial charge in [-0.05, 0) is 29.2 Å². The number of carbonyl (C=O) groups is 3. The van der Waals surface area contributed by atoms with Gasteiger partial charge < -0.3 is 10.2 Å². The number of carbonyl (C=O) groups excluding carboxylic acids is 3. The van der Waals surface area contributed by atoms with Gasteiger partial charge in [-0.25, -0.2) is 12.7 Å². The van der Waals surface area contributed by atoms with E-state index in [1.54, 1.807) is 6.07 Å². The van der Waals surface area contributed by atoms with Crippen molar-refractivity contribution in [3.63, 3.8) is 0 Å². The summed E-state index contributed by atoms with van der Waals surface area (Å²) in [7, 11) is -4.19. The highest BCUT2D eigenvalue weighted by molar-refractivity contribution is 7.90. The summed E-state index contributed by atoms with van der Waals surface area (Å²) in [5, 5.41) is 2.92. The molecule has 0 unspecified atom stereocenters. The van der Waals surface area contributed by atoms with E-state index in [4.69, 9.17) is 0 Å². The molecule has 0 fully saturated rings. The lowest BCUT2D eigenvalue weighted by atomic mass is 10.0. The highest BCUT2D eigenvalue weighted by atomic mass is 32.2. The molecule has 0 aromatic heterocycles. The maximum absolute atomic E-state index is 13.8. The highest BCUT2D eigenvalue weighted by Gasteiger charge is 2.43. The fourth-order valence-corrected chi connectivity index (χ4v) is 5.88. The number of benzene rings is 3. The molecule has 8 nitrogen and oxygen atoms in total. The van der Waals surface area contributed by atoms with E-state index in [1.165, 1.54) is 23.1 Å². The van der Waals surface area contributed by atoms with Crippen molar-refractivity contribution in [1.29, 1.82) is 0 Å². The zero-order valence-corrected chi connectivity index (χ0v) is 22.2. The summed E-state index contributed by atoms with van der Waals surface area (Å²) >= 11 is 0. The molecule has 0 saturated carbocycles. The number of nitrogens with zero attached hydrogens (tertiary/aromatic N) is 2. The van der Waals surface area contributed by atoms with Crippen LogP contribution in [-0.4, -0.2) is 54.5 Å². The van der Waals surface area contributed by atoms with Gasteiger partial charge in [-0.15, -0.1) is 0 Å².